The van der Waals surface area contributed by atoms with Gasteiger partial charge in [0.2, 0.25) is 0 Å². The Bertz CT molecular complexity index is 868. The number of aryl methyl sites for hydroxylation is 2. The Labute approximate surface area is 213 Å². The third-order valence-corrected chi connectivity index (χ3v) is 5.64. The fourth-order valence-corrected chi connectivity index (χ4v) is 3.50. The SMILES string of the molecule is CCC(CC)C(=O)C=C(O)C(CC)CC.Cc1[c-]c(-c2nncc(C(C)C)n2)cc(C)c1.[Ir]. The van der Waals surface area contributed by atoms with Gasteiger partial charge in [-0.3, -0.25) is 9.78 Å². The van der Waals surface area contributed by atoms with Gasteiger partial charge in [-0.15, -0.1) is 34.9 Å². The van der Waals surface area contributed by atoms with Crippen LogP contribution in [0.5, 0.6) is 0 Å². The first kappa shape index (κ1) is 31.1. The predicted molar refractivity (Wildman–Crippen MR) is 132 cm³/mol. The second-order valence-electron chi connectivity index (χ2n) is 8.61. The molecular weight excluding hydrogens is 591 g/mol. The number of hydrogen-bond acceptors (Lipinski definition) is 5. The number of nitrogens with zero attached hydrogens (tertiary/aromatic N) is 3. The number of benzene rings is 1. The first-order chi connectivity index (χ1) is 15.2. The van der Waals surface area contributed by atoms with Gasteiger partial charge in [-0.05, 0) is 31.6 Å². The Morgan fingerprint density at radius 2 is 1.61 bits per heavy atom. The summed E-state index contributed by atoms with van der Waals surface area (Å²) in [4.78, 5) is 16.2. The standard InChI is InChI=1S/C14H16N3.C13H24O2.Ir/c1-9(2)13-8-15-17-14(16-13)12-6-10(3)5-11(4)7-12;1-5-10(6-2)12(14)9-13(15)11(7-3)8-4;/h5-6,8-9H,1-4H3;9-11,14H,5-8H2,1-4H3;/q-1;;. The average molecular weight is 631 g/mol. The van der Waals surface area contributed by atoms with Crippen molar-refractivity contribution in [2.24, 2.45) is 11.8 Å². The molecule has 0 saturated carbocycles. The Kier molecular flexibility index (Phi) is 14.9. The Balaban J connectivity index is 0.000000609. The van der Waals surface area contributed by atoms with Crippen molar-refractivity contribution in [3.05, 3.63) is 53.1 Å². The molecule has 1 heterocycles. The van der Waals surface area contributed by atoms with Crippen LogP contribution in [0.1, 0.15) is 90.0 Å². The van der Waals surface area contributed by atoms with Crippen molar-refractivity contribution < 1.29 is 30.0 Å². The summed E-state index contributed by atoms with van der Waals surface area (Å²) in [5.74, 6) is 1.56. The van der Waals surface area contributed by atoms with Gasteiger partial charge in [-0.2, -0.15) is 10.2 Å². The van der Waals surface area contributed by atoms with E-state index in [1.807, 2.05) is 40.7 Å². The molecule has 5 nitrogen and oxygen atoms in total. The van der Waals surface area contributed by atoms with Crippen molar-refractivity contribution in [1.82, 2.24) is 15.2 Å². The summed E-state index contributed by atoms with van der Waals surface area (Å²) in [6.07, 6.45) is 6.63. The molecule has 2 aromatic rings. The Morgan fingerprint density at radius 1 is 1.03 bits per heavy atom. The molecule has 33 heavy (non-hydrogen) atoms. The van der Waals surface area contributed by atoms with Crippen LogP contribution in [-0.2, 0) is 24.9 Å². The molecule has 1 aromatic heterocycles. The van der Waals surface area contributed by atoms with E-state index in [0.29, 0.717) is 11.7 Å². The quantitative estimate of drug-likeness (QED) is 0.185. The molecule has 0 aliphatic heterocycles. The number of rotatable bonds is 9. The van der Waals surface area contributed by atoms with Gasteiger partial charge in [0.15, 0.2) is 5.78 Å². The molecule has 1 radical (unpaired) electrons. The molecule has 185 valence electrons. The van der Waals surface area contributed by atoms with Gasteiger partial charge in [0, 0.05) is 38.0 Å². The first-order valence-corrected chi connectivity index (χ1v) is 11.8. The third-order valence-electron chi connectivity index (χ3n) is 5.64. The van der Waals surface area contributed by atoms with Crippen LogP contribution in [0, 0.1) is 31.7 Å². The molecule has 0 spiro atoms. The monoisotopic (exact) mass is 631 g/mol. The minimum atomic E-state index is 0. The van der Waals surface area contributed by atoms with Gasteiger partial charge in [0.25, 0.3) is 0 Å². The molecule has 0 fully saturated rings. The smallest absolute Gasteiger partial charge is 0.162 e. The van der Waals surface area contributed by atoms with Crippen molar-refractivity contribution in [2.75, 3.05) is 0 Å². The van der Waals surface area contributed by atoms with E-state index in [9.17, 15) is 9.90 Å². The van der Waals surface area contributed by atoms with Crippen LogP contribution in [0.25, 0.3) is 11.4 Å². The maximum Gasteiger partial charge on any atom is 0.162 e. The average Bonchev–Trinajstić information content (AvgIpc) is 2.75. The number of hydrogen-bond donors (Lipinski definition) is 1. The van der Waals surface area contributed by atoms with Crippen LogP contribution in [-0.4, -0.2) is 26.1 Å². The Hall–Kier alpha value is -1.91. The molecule has 0 bridgehead atoms. The topological polar surface area (TPSA) is 76.0 Å². The van der Waals surface area contributed by atoms with Gasteiger partial charge in [-0.1, -0.05) is 55.4 Å². The number of carbonyl (C=O) groups is 1. The summed E-state index contributed by atoms with van der Waals surface area (Å²) in [6.45, 7) is 16.3. The van der Waals surface area contributed by atoms with Crippen molar-refractivity contribution in [3.63, 3.8) is 0 Å². The van der Waals surface area contributed by atoms with E-state index in [-0.39, 0.29) is 43.5 Å². The molecular formula is C27H40IrN3O2-. The van der Waals surface area contributed by atoms with Crippen LogP contribution >= 0.6 is 0 Å². The molecule has 0 amide bonds. The van der Waals surface area contributed by atoms with E-state index in [2.05, 4.69) is 48.1 Å². The molecule has 0 aliphatic rings. The first-order valence-electron chi connectivity index (χ1n) is 11.8. The van der Waals surface area contributed by atoms with E-state index in [0.717, 1.165) is 42.5 Å². The summed E-state index contributed by atoms with van der Waals surface area (Å²) in [6, 6.07) is 7.39. The van der Waals surface area contributed by atoms with Crippen molar-refractivity contribution in [2.45, 2.75) is 87.0 Å². The van der Waals surface area contributed by atoms with Gasteiger partial charge in [0.1, 0.15) is 0 Å². The molecule has 0 atom stereocenters. The minimum absolute atomic E-state index is 0. The normalized spacial score (nSPS) is 11.3. The zero-order valence-corrected chi connectivity index (χ0v) is 23.8. The van der Waals surface area contributed by atoms with Gasteiger partial charge >= 0.3 is 0 Å². The van der Waals surface area contributed by atoms with Gasteiger partial charge < -0.3 is 5.11 Å². The molecule has 2 rings (SSSR count). The molecule has 0 saturated heterocycles. The Morgan fingerprint density at radius 3 is 2.09 bits per heavy atom. The van der Waals surface area contributed by atoms with Crippen LogP contribution in [0.15, 0.2) is 30.2 Å². The molecule has 1 N–H and O–H groups in total. The summed E-state index contributed by atoms with van der Waals surface area (Å²) >= 11 is 0. The van der Waals surface area contributed by atoms with E-state index in [4.69, 9.17) is 0 Å². The molecule has 0 aliphatic carbocycles. The number of aliphatic hydroxyl groups is 1. The number of carbonyl (C=O) groups excluding carboxylic acids is 1. The van der Waals surface area contributed by atoms with Crippen LogP contribution in [0.3, 0.4) is 0 Å². The zero-order valence-electron chi connectivity index (χ0n) is 21.4. The van der Waals surface area contributed by atoms with Crippen molar-refractivity contribution >= 4 is 5.78 Å². The number of aromatic nitrogens is 3. The summed E-state index contributed by atoms with van der Waals surface area (Å²) in [7, 11) is 0. The second kappa shape index (κ2) is 15.8. The minimum Gasteiger partial charge on any atom is -0.512 e. The second-order valence-corrected chi connectivity index (χ2v) is 8.61. The van der Waals surface area contributed by atoms with Crippen LogP contribution in [0.2, 0.25) is 0 Å². The largest absolute Gasteiger partial charge is 0.512 e. The molecule has 0 unspecified atom stereocenters. The van der Waals surface area contributed by atoms with E-state index < -0.39 is 0 Å². The number of allylic oxidation sites excluding steroid dienone is 2. The van der Waals surface area contributed by atoms with Gasteiger partial charge in [-0.25, -0.2) is 0 Å². The van der Waals surface area contributed by atoms with Crippen LogP contribution < -0.4 is 0 Å². The maximum atomic E-state index is 11.7. The van der Waals surface area contributed by atoms with Crippen molar-refractivity contribution in [1.29, 1.82) is 0 Å². The van der Waals surface area contributed by atoms with Crippen LogP contribution in [0.4, 0.5) is 0 Å². The predicted octanol–water partition coefficient (Wildman–Crippen LogP) is 6.95. The fraction of sp³-hybridized carbons (Fsp3) is 0.556. The third kappa shape index (κ3) is 10.3. The van der Waals surface area contributed by atoms with E-state index >= 15 is 0 Å². The van der Waals surface area contributed by atoms with Crippen molar-refractivity contribution in [3.8, 4) is 11.4 Å². The summed E-state index contributed by atoms with van der Waals surface area (Å²) in [5.41, 5.74) is 4.16. The van der Waals surface area contributed by atoms with Gasteiger partial charge in [0.05, 0.1) is 23.5 Å². The maximum absolute atomic E-state index is 11.7. The molecule has 1 aromatic carbocycles. The zero-order chi connectivity index (χ0) is 24.3. The molecule has 6 heteroatoms. The summed E-state index contributed by atoms with van der Waals surface area (Å²) < 4.78 is 0. The summed E-state index contributed by atoms with van der Waals surface area (Å²) in [5, 5.41) is 17.9. The fourth-order valence-electron chi connectivity index (χ4n) is 3.50. The van der Waals surface area contributed by atoms with E-state index in [1.165, 1.54) is 11.6 Å². The number of ketones is 1. The van der Waals surface area contributed by atoms with E-state index in [1.54, 1.807) is 6.20 Å². The number of aliphatic hydroxyl groups excluding tert-OH is 1.